The highest BCUT2D eigenvalue weighted by Gasteiger charge is 2.41. The van der Waals surface area contributed by atoms with Gasteiger partial charge >= 0.3 is 0 Å². The lowest BCUT2D eigenvalue weighted by Gasteiger charge is -2.15. The topological polar surface area (TPSA) is 80.1 Å². The maximum Gasteiger partial charge on any atom is 0.229 e. The molecule has 0 bridgehead atoms. The van der Waals surface area contributed by atoms with E-state index in [-0.39, 0.29) is 17.7 Å². The number of likely N-dealkylation sites (tertiary alicyclic amines) is 1. The summed E-state index contributed by atoms with van der Waals surface area (Å²) in [6.07, 6.45) is 9.21. The van der Waals surface area contributed by atoms with Crippen LogP contribution in [0.15, 0.2) is 37.1 Å². The van der Waals surface area contributed by atoms with E-state index < -0.39 is 0 Å². The minimum absolute atomic E-state index is 0.0984. The molecule has 1 saturated carbocycles. The van der Waals surface area contributed by atoms with Crippen LogP contribution in [0.4, 0.5) is 5.69 Å². The van der Waals surface area contributed by atoms with Crippen molar-refractivity contribution in [2.75, 3.05) is 11.9 Å². The van der Waals surface area contributed by atoms with E-state index in [1.165, 1.54) is 0 Å². The number of carbonyl (C=O) groups excluding carboxylic acids is 2. The third-order valence-corrected chi connectivity index (χ3v) is 4.30. The predicted octanol–water partition coefficient (Wildman–Crippen LogP) is 1.22. The van der Waals surface area contributed by atoms with E-state index in [1.54, 1.807) is 35.6 Å². The Balaban J connectivity index is 1.40. The van der Waals surface area contributed by atoms with E-state index in [1.807, 2.05) is 11.0 Å². The molecule has 3 heterocycles. The molecule has 7 nitrogen and oxygen atoms in total. The van der Waals surface area contributed by atoms with Crippen LogP contribution in [0.1, 0.15) is 19.3 Å². The fraction of sp³-hybridized carbons (Fsp3) is 0.375. The minimum atomic E-state index is -0.267. The van der Waals surface area contributed by atoms with Gasteiger partial charge in [-0.3, -0.25) is 14.2 Å². The van der Waals surface area contributed by atoms with Gasteiger partial charge in [0, 0.05) is 31.4 Å². The normalized spacial score (nSPS) is 20.8. The minimum Gasteiger partial charge on any atom is -0.339 e. The fourth-order valence-corrected chi connectivity index (χ4v) is 2.90. The molecule has 1 aliphatic carbocycles. The van der Waals surface area contributed by atoms with Crippen molar-refractivity contribution in [2.24, 2.45) is 5.92 Å². The average Bonchev–Trinajstić information content (AvgIpc) is 3.09. The summed E-state index contributed by atoms with van der Waals surface area (Å²) in [7, 11) is 0. The van der Waals surface area contributed by atoms with E-state index in [0.717, 1.165) is 18.7 Å². The van der Waals surface area contributed by atoms with Crippen molar-refractivity contribution in [1.82, 2.24) is 19.4 Å². The van der Waals surface area contributed by atoms with Crippen molar-refractivity contribution in [2.45, 2.75) is 25.3 Å². The molecule has 2 aliphatic rings. The summed E-state index contributed by atoms with van der Waals surface area (Å²) in [6, 6.07) is 3.99. The number of amides is 2. The maximum atomic E-state index is 12.3. The quantitative estimate of drug-likeness (QED) is 0.920. The van der Waals surface area contributed by atoms with E-state index in [0.29, 0.717) is 24.7 Å². The number of imidazole rings is 1. The fourth-order valence-electron chi connectivity index (χ4n) is 2.90. The molecule has 1 atom stereocenters. The molecule has 1 aliphatic heterocycles. The number of nitrogens with one attached hydrogen (secondary N) is 1. The first kappa shape index (κ1) is 13.9. The van der Waals surface area contributed by atoms with Crippen LogP contribution < -0.4 is 5.32 Å². The van der Waals surface area contributed by atoms with Crippen LogP contribution in [0, 0.1) is 5.92 Å². The van der Waals surface area contributed by atoms with Crippen molar-refractivity contribution >= 4 is 17.5 Å². The second kappa shape index (κ2) is 5.49. The van der Waals surface area contributed by atoms with Crippen LogP contribution in [0.25, 0.3) is 5.82 Å². The lowest BCUT2D eigenvalue weighted by molar-refractivity contribution is -0.128. The number of pyridine rings is 1. The first-order valence-electron chi connectivity index (χ1n) is 7.75. The van der Waals surface area contributed by atoms with Gasteiger partial charge in [0.25, 0.3) is 0 Å². The Kier molecular flexibility index (Phi) is 3.33. The Bertz CT molecular complexity index is 721. The Hall–Kier alpha value is -2.70. The Morgan fingerprint density at radius 2 is 2.17 bits per heavy atom. The van der Waals surface area contributed by atoms with Crippen LogP contribution in [0.3, 0.4) is 0 Å². The van der Waals surface area contributed by atoms with Gasteiger partial charge in [-0.1, -0.05) is 0 Å². The zero-order valence-corrected chi connectivity index (χ0v) is 12.6. The second-order valence-electron chi connectivity index (χ2n) is 6.04. The molecule has 2 fully saturated rings. The van der Waals surface area contributed by atoms with Gasteiger partial charge in [-0.05, 0) is 25.0 Å². The third-order valence-electron chi connectivity index (χ3n) is 4.30. The van der Waals surface area contributed by atoms with Gasteiger partial charge in [-0.2, -0.15) is 0 Å². The molecule has 4 rings (SSSR count). The molecule has 23 heavy (non-hydrogen) atoms. The molecule has 0 spiro atoms. The first-order chi connectivity index (χ1) is 11.2. The SMILES string of the molecule is O=C(Nc1ccc(-n2ccnc2)nc1)[C@H]1CC(=O)N(C2CC2)C1. The number of carbonyl (C=O) groups is 2. The standard InChI is InChI=1S/C16H17N5O2/c22-15-7-11(9-21(15)13-2-3-13)16(23)19-12-1-4-14(18-8-12)20-6-5-17-10-20/h1,4-6,8,10-11,13H,2-3,7,9H2,(H,19,23)/t11-/m0/s1. The van der Waals surface area contributed by atoms with Gasteiger partial charge < -0.3 is 10.2 Å². The van der Waals surface area contributed by atoms with Crippen LogP contribution >= 0.6 is 0 Å². The van der Waals surface area contributed by atoms with E-state index >= 15 is 0 Å². The molecule has 1 saturated heterocycles. The molecular formula is C16H17N5O2. The highest BCUT2D eigenvalue weighted by atomic mass is 16.2. The summed E-state index contributed by atoms with van der Waals surface area (Å²) in [6.45, 7) is 0.538. The van der Waals surface area contributed by atoms with Crippen LogP contribution in [0.5, 0.6) is 0 Å². The van der Waals surface area contributed by atoms with Crippen LogP contribution in [-0.2, 0) is 9.59 Å². The number of hydrogen-bond acceptors (Lipinski definition) is 4. The van der Waals surface area contributed by atoms with Crippen LogP contribution in [-0.4, -0.2) is 43.8 Å². The molecule has 7 heteroatoms. The highest BCUT2D eigenvalue weighted by molar-refractivity contribution is 5.97. The molecule has 0 aromatic carbocycles. The third kappa shape index (κ3) is 2.81. The van der Waals surface area contributed by atoms with Crippen molar-refractivity contribution in [3.8, 4) is 5.82 Å². The highest BCUT2D eigenvalue weighted by Crippen LogP contribution is 2.32. The first-order valence-corrected chi connectivity index (χ1v) is 7.75. The van der Waals surface area contributed by atoms with Gasteiger partial charge in [-0.15, -0.1) is 0 Å². The number of aromatic nitrogens is 3. The summed E-state index contributed by atoms with van der Waals surface area (Å²) in [5, 5.41) is 2.85. The number of anilines is 1. The summed E-state index contributed by atoms with van der Waals surface area (Å²) in [5.74, 6) is 0.452. The average molecular weight is 311 g/mol. The van der Waals surface area contributed by atoms with Crippen LogP contribution in [0.2, 0.25) is 0 Å². The molecule has 1 N–H and O–H groups in total. The molecule has 2 amide bonds. The van der Waals surface area contributed by atoms with E-state index in [2.05, 4.69) is 15.3 Å². The zero-order chi connectivity index (χ0) is 15.8. The molecular weight excluding hydrogens is 294 g/mol. The Morgan fingerprint density at radius 1 is 1.30 bits per heavy atom. The van der Waals surface area contributed by atoms with Gasteiger partial charge in [0.05, 0.1) is 17.8 Å². The molecule has 118 valence electrons. The van der Waals surface area contributed by atoms with Gasteiger partial charge in [0.15, 0.2) is 0 Å². The summed E-state index contributed by atoms with van der Waals surface area (Å²) >= 11 is 0. The second-order valence-corrected chi connectivity index (χ2v) is 6.04. The smallest absolute Gasteiger partial charge is 0.229 e. The van der Waals surface area contributed by atoms with Crippen molar-refractivity contribution in [3.63, 3.8) is 0 Å². The summed E-state index contributed by atoms with van der Waals surface area (Å²) in [5.41, 5.74) is 0.635. The molecule has 2 aromatic rings. The molecule has 0 radical (unpaired) electrons. The summed E-state index contributed by atoms with van der Waals surface area (Å²) in [4.78, 5) is 34.4. The predicted molar refractivity (Wildman–Crippen MR) is 82.8 cm³/mol. The largest absolute Gasteiger partial charge is 0.339 e. The number of hydrogen-bond donors (Lipinski definition) is 1. The molecule has 2 aromatic heterocycles. The van der Waals surface area contributed by atoms with Crippen molar-refractivity contribution in [1.29, 1.82) is 0 Å². The Labute approximate surface area is 133 Å². The van der Waals surface area contributed by atoms with Gasteiger partial charge in [0.2, 0.25) is 11.8 Å². The van der Waals surface area contributed by atoms with E-state index in [4.69, 9.17) is 0 Å². The van der Waals surface area contributed by atoms with Gasteiger partial charge in [0.1, 0.15) is 12.1 Å². The van der Waals surface area contributed by atoms with Crippen molar-refractivity contribution in [3.05, 3.63) is 37.1 Å². The zero-order valence-electron chi connectivity index (χ0n) is 12.6. The lowest BCUT2D eigenvalue weighted by Crippen LogP contribution is -2.29. The van der Waals surface area contributed by atoms with Gasteiger partial charge in [-0.25, -0.2) is 9.97 Å². The lowest BCUT2D eigenvalue weighted by atomic mass is 10.1. The summed E-state index contributed by atoms with van der Waals surface area (Å²) < 4.78 is 1.79. The maximum absolute atomic E-state index is 12.3. The van der Waals surface area contributed by atoms with E-state index in [9.17, 15) is 9.59 Å². The Morgan fingerprint density at radius 3 is 2.83 bits per heavy atom. The monoisotopic (exact) mass is 311 g/mol. The van der Waals surface area contributed by atoms with Crippen molar-refractivity contribution < 1.29 is 9.59 Å². The molecule has 0 unspecified atom stereocenters. The number of nitrogens with zero attached hydrogens (tertiary/aromatic N) is 4. The number of rotatable bonds is 4.